The first-order valence-corrected chi connectivity index (χ1v) is 8.72. The fourth-order valence-electron chi connectivity index (χ4n) is 3.99. The Hall–Kier alpha value is -0.570. The molecule has 2 rings (SSSR count). The van der Waals surface area contributed by atoms with E-state index in [1.807, 2.05) is 0 Å². The molecule has 0 radical (unpaired) electrons. The third-order valence-electron chi connectivity index (χ3n) is 5.60. The van der Waals surface area contributed by atoms with Crippen molar-refractivity contribution in [3.63, 3.8) is 0 Å². The monoisotopic (exact) mass is 280 g/mol. The lowest BCUT2D eigenvalue weighted by atomic mass is 9.75. The maximum atomic E-state index is 12.7. The molecule has 20 heavy (non-hydrogen) atoms. The lowest BCUT2D eigenvalue weighted by Crippen LogP contribution is -2.50. The van der Waals surface area contributed by atoms with E-state index in [-0.39, 0.29) is 5.41 Å². The maximum Gasteiger partial charge on any atom is 0.226 e. The average Bonchev–Trinajstić information content (AvgIpc) is 2.50. The Morgan fingerprint density at radius 3 is 2.35 bits per heavy atom. The topological polar surface area (TPSA) is 41.1 Å². The predicted octanol–water partition coefficient (Wildman–Crippen LogP) is 3.24. The van der Waals surface area contributed by atoms with Crippen LogP contribution in [0.3, 0.4) is 0 Å². The minimum Gasteiger partial charge on any atom is -0.353 e. The van der Waals surface area contributed by atoms with Crippen LogP contribution in [0.15, 0.2) is 0 Å². The third-order valence-corrected chi connectivity index (χ3v) is 5.60. The first kappa shape index (κ1) is 15.8. The van der Waals surface area contributed by atoms with Crippen LogP contribution >= 0.6 is 0 Å². The van der Waals surface area contributed by atoms with Crippen molar-refractivity contribution in [2.45, 2.75) is 77.7 Å². The first-order valence-electron chi connectivity index (χ1n) is 8.72. The number of carbonyl (C=O) groups excluding carboxylic acids is 1. The van der Waals surface area contributed by atoms with E-state index in [1.54, 1.807) is 0 Å². The van der Waals surface area contributed by atoms with Crippen LogP contribution in [-0.4, -0.2) is 25.0 Å². The van der Waals surface area contributed by atoms with E-state index in [2.05, 4.69) is 24.5 Å². The van der Waals surface area contributed by atoms with E-state index in [9.17, 15) is 4.79 Å². The fourth-order valence-corrected chi connectivity index (χ4v) is 3.99. The van der Waals surface area contributed by atoms with E-state index in [1.165, 1.54) is 38.5 Å². The lowest BCUT2D eigenvalue weighted by Gasteiger charge is -2.38. The van der Waals surface area contributed by atoms with Crippen LogP contribution < -0.4 is 10.6 Å². The highest BCUT2D eigenvalue weighted by Crippen LogP contribution is 2.34. The van der Waals surface area contributed by atoms with Gasteiger partial charge in [-0.25, -0.2) is 0 Å². The average molecular weight is 280 g/mol. The minimum absolute atomic E-state index is 0.0917. The molecule has 3 heteroatoms. The van der Waals surface area contributed by atoms with Crippen molar-refractivity contribution in [2.24, 2.45) is 11.3 Å². The van der Waals surface area contributed by atoms with Gasteiger partial charge in [0.25, 0.3) is 0 Å². The van der Waals surface area contributed by atoms with E-state index in [4.69, 9.17) is 0 Å². The minimum atomic E-state index is -0.0917. The number of hydrogen-bond acceptors (Lipinski definition) is 2. The Bertz CT molecular complexity index is 302. The van der Waals surface area contributed by atoms with Crippen LogP contribution in [0.2, 0.25) is 0 Å². The molecule has 0 aromatic rings. The molecule has 0 bridgehead atoms. The molecule has 2 N–H and O–H groups in total. The van der Waals surface area contributed by atoms with E-state index in [0.29, 0.717) is 11.9 Å². The number of rotatable bonds is 5. The van der Waals surface area contributed by atoms with E-state index >= 15 is 0 Å². The Labute approximate surface area is 124 Å². The highest BCUT2D eigenvalue weighted by molar-refractivity contribution is 5.83. The molecule has 0 aromatic heterocycles. The predicted molar refractivity (Wildman–Crippen MR) is 83.6 cm³/mol. The Morgan fingerprint density at radius 2 is 1.80 bits per heavy atom. The third kappa shape index (κ3) is 3.75. The summed E-state index contributed by atoms with van der Waals surface area (Å²) in [6.07, 6.45) is 10.6. The van der Waals surface area contributed by atoms with Gasteiger partial charge in [-0.3, -0.25) is 4.79 Å². The normalized spacial score (nSPS) is 29.9. The number of piperidine rings is 1. The molecule has 116 valence electrons. The van der Waals surface area contributed by atoms with E-state index in [0.717, 1.165) is 38.3 Å². The van der Waals surface area contributed by atoms with Gasteiger partial charge in [0.15, 0.2) is 0 Å². The number of amides is 1. The molecule has 1 saturated heterocycles. The molecular weight excluding hydrogens is 248 g/mol. The molecule has 3 nitrogen and oxygen atoms in total. The number of hydrogen-bond donors (Lipinski definition) is 2. The first-order chi connectivity index (χ1) is 9.70. The summed E-state index contributed by atoms with van der Waals surface area (Å²) in [4.78, 5) is 12.7. The smallest absolute Gasteiger partial charge is 0.226 e. The molecule has 2 aliphatic rings. The summed E-state index contributed by atoms with van der Waals surface area (Å²) in [5.41, 5.74) is -0.0917. The van der Waals surface area contributed by atoms with E-state index < -0.39 is 0 Å². The Kier molecular flexibility index (Phi) is 5.88. The van der Waals surface area contributed by atoms with Crippen molar-refractivity contribution < 1.29 is 4.79 Å². The molecule has 1 aliphatic heterocycles. The van der Waals surface area contributed by atoms with Gasteiger partial charge < -0.3 is 10.6 Å². The molecule has 1 saturated carbocycles. The van der Waals surface area contributed by atoms with Crippen LogP contribution in [-0.2, 0) is 4.79 Å². The van der Waals surface area contributed by atoms with Crippen molar-refractivity contribution in [1.82, 2.24) is 10.6 Å². The fraction of sp³-hybridized carbons (Fsp3) is 0.941. The Balaban J connectivity index is 1.82. The molecule has 1 heterocycles. The summed E-state index contributed by atoms with van der Waals surface area (Å²) in [5, 5.41) is 6.75. The molecule has 0 spiro atoms. The molecule has 0 unspecified atom stereocenters. The van der Waals surface area contributed by atoms with Crippen LogP contribution in [0.5, 0.6) is 0 Å². The Morgan fingerprint density at radius 1 is 1.15 bits per heavy atom. The number of nitrogens with one attached hydrogen (secondary N) is 2. The second-order valence-corrected chi connectivity index (χ2v) is 6.86. The quantitative estimate of drug-likeness (QED) is 0.811. The largest absolute Gasteiger partial charge is 0.353 e. The number of carbonyl (C=O) groups is 1. The SMILES string of the molecule is CCCC1CCC(NC(=O)C2(CC)CCNCC2)CC1. The van der Waals surface area contributed by atoms with Gasteiger partial charge in [-0.15, -0.1) is 0 Å². The van der Waals surface area contributed by atoms with Gasteiger partial charge in [-0.05, 0) is 64.0 Å². The molecule has 0 atom stereocenters. The second kappa shape index (κ2) is 7.44. The van der Waals surface area contributed by atoms with Gasteiger partial charge in [-0.2, -0.15) is 0 Å². The van der Waals surface area contributed by atoms with Crippen molar-refractivity contribution >= 4 is 5.91 Å². The zero-order chi connectivity index (χ0) is 14.4. The molecule has 0 aromatic carbocycles. The molecule has 1 aliphatic carbocycles. The highest BCUT2D eigenvalue weighted by Gasteiger charge is 2.38. The maximum absolute atomic E-state index is 12.7. The van der Waals surface area contributed by atoms with Gasteiger partial charge >= 0.3 is 0 Å². The summed E-state index contributed by atoms with van der Waals surface area (Å²) in [6, 6.07) is 0.439. The zero-order valence-electron chi connectivity index (χ0n) is 13.3. The van der Waals surface area contributed by atoms with Crippen LogP contribution in [0, 0.1) is 11.3 Å². The van der Waals surface area contributed by atoms with Crippen LogP contribution in [0.1, 0.15) is 71.6 Å². The van der Waals surface area contributed by atoms with Crippen molar-refractivity contribution in [3.8, 4) is 0 Å². The molecular formula is C17H32N2O. The van der Waals surface area contributed by atoms with Crippen molar-refractivity contribution in [3.05, 3.63) is 0 Å². The molecule has 2 fully saturated rings. The summed E-state index contributed by atoms with van der Waals surface area (Å²) in [7, 11) is 0. The van der Waals surface area contributed by atoms with Gasteiger partial charge in [-0.1, -0.05) is 26.7 Å². The lowest BCUT2D eigenvalue weighted by molar-refractivity contribution is -0.134. The zero-order valence-corrected chi connectivity index (χ0v) is 13.3. The second-order valence-electron chi connectivity index (χ2n) is 6.86. The van der Waals surface area contributed by atoms with Crippen LogP contribution in [0.25, 0.3) is 0 Å². The van der Waals surface area contributed by atoms with Crippen LogP contribution in [0.4, 0.5) is 0 Å². The standard InChI is InChI=1S/C17H32N2O/c1-3-5-14-6-8-15(9-7-14)19-16(20)17(4-2)10-12-18-13-11-17/h14-15,18H,3-13H2,1-2H3,(H,19,20). The van der Waals surface area contributed by atoms with Gasteiger partial charge in [0.05, 0.1) is 5.41 Å². The van der Waals surface area contributed by atoms with Crippen molar-refractivity contribution in [1.29, 1.82) is 0 Å². The summed E-state index contributed by atoms with van der Waals surface area (Å²) in [6.45, 7) is 6.42. The highest BCUT2D eigenvalue weighted by atomic mass is 16.2. The molecule has 1 amide bonds. The summed E-state index contributed by atoms with van der Waals surface area (Å²) < 4.78 is 0. The van der Waals surface area contributed by atoms with Gasteiger partial charge in [0, 0.05) is 6.04 Å². The van der Waals surface area contributed by atoms with Gasteiger partial charge in [0.2, 0.25) is 5.91 Å². The summed E-state index contributed by atoms with van der Waals surface area (Å²) in [5.74, 6) is 1.24. The summed E-state index contributed by atoms with van der Waals surface area (Å²) >= 11 is 0. The van der Waals surface area contributed by atoms with Crippen molar-refractivity contribution in [2.75, 3.05) is 13.1 Å². The van der Waals surface area contributed by atoms with Gasteiger partial charge in [0.1, 0.15) is 0 Å².